The molecule has 1 fully saturated rings. The van der Waals surface area contributed by atoms with Gasteiger partial charge in [-0.1, -0.05) is 11.4 Å². The quantitative estimate of drug-likeness (QED) is 0.770. The highest BCUT2D eigenvalue weighted by Gasteiger charge is 2.15. The predicted octanol–water partition coefficient (Wildman–Crippen LogP) is -0.264. The van der Waals surface area contributed by atoms with Gasteiger partial charge in [0, 0.05) is 39.3 Å². The predicted molar refractivity (Wildman–Crippen MR) is 70.9 cm³/mol. The molecule has 1 aliphatic rings. The molecule has 1 aromatic heterocycles. The number of amides is 1. The molecular formula is C11H19N5OS. The van der Waals surface area contributed by atoms with Gasteiger partial charge in [0.1, 0.15) is 4.88 Å². The summed E-state index contributed by atoms with van der Waals surface area (Å²) in [5, 5.41) is 10.2. The lowest BCUT2D eigenvalue weighted by molar-refractivity contribution is 0.0950. The summed E-state index contributed by atoms with van der Waals surface area (Å²) in [5.41, 5.74) is 0.791. The van der Waals surface area contributed by atoms with E-state index in [9.17, 15) is 4.79 Å². The van der Waals surface area contributed by atoms with E-state index in [1.165, 1.54) is 11.5 Å². The van der Waals surface area contributed by atoms with Crippen LogP contribution in [-0.2, 0) is 6.42 Å². The van der Waals surface area contributed by atoms with Crippen LogP contribution in [0.15, 0.2) is 0 Å². The third-order valence-electron chi connectivity index (χ3n) is 3.02. The first-order valence-corrected chi connectivity index (χ1v) is 7.11. The van der Waals surface area contributed by atoms with E-state index >= 15 is 0 Å². The molecule has 2 rings (SSSR count). The molecule has 6 nitrogen and oxygen atoms in total. The van der Waals surface area contributed by atoms with E-state index in [2.05, 4.69) is 25.1 Å². The lowest BCUT2D eigenvalue weighted by Gasteiger charge is -2.27. The number of aromatic nitrogens is 2. The van der Waals surface area contributed by atoms with E-state index in [1.54, 1.807) is 0 Å². The van der Waals surface area contributed by atoms with E-state index < -0.39 is 0 Å². The van der Waals surface area contributed by atoms with Crippen LogP contribution < -0.4 is 10.6 Å². The highest BCUT2D eigenvalue weighted by molar-refractivity contribution is 7.08. The Morgan fingerprint density at radius 1 is 1.50 bits per heavy atom. The molecule has 1 aromatic rings. The number of rotatable bonds is 5. The summed E-state index contributed by atoms with van der Waals surface area (Å²) in [7, 11) is 0. The standard InChI is InChI=1S/C11H19N5OS/c1-2-9-10(18-15-14-9)11(17)13-5-8-16-6-3-12-4-7-16/h12H,2-8H2,1H3,(H,13,17). The molecule has 1 aliphatic heterocycles. The number of hydrogen-bond donors (Lipinski definition) is 2. The summed E-state index contributed by atoms with van der Waals surface area (Å²) in [4.78, 5) is 14.9. The van der Waals surface area contributed by atoms with Crippen molar-refractivity contribution < 1.29 is 4.79 Å². The average molecular weight is 269 g/mol. The van der Waals surface area contributed by atoms with Gasteiger partial charge in [-0.15, -0.1) is 5.10 Å². The topological polar surface area (TPSA) is 70.2 Å². The molecular weight excluding hydrogens is 250 g/mol. The average Bonchev–Trinajstić information content (AvgIpc) is 2.88. The highest BCUT2D eigenvalue weighted by Crippen LogP contribution is 2.10. The minimum absolute atomic E-state index is 0.0445. The molecule has 7 heteroatoms. The zero-order chi connectivity index (χ0) is 12.8. The monoisotopic (exact) mass is 269 g/mol. The lowest BCUT2D eigenvalue weighted by atomic mass is 10.3. The summed E-state index contributed by atoms with van der Waals surface area (Å²) >= 11 is 1.17. The van der Waals surface area contributed by atoms with Crippen molar-refractivity contribution in [2.45, 2.75) is 13.3 Å². The van der Waals surface area contributed by atoms with Crippen LogP contribution in [-0.4, -0.2) is 59.7 Å². The van der Waals surface area contributed by atoms with Crippen LogP contribution in [0, 0.1) is 0 Å². The van der Waals surface area contributed by atoms with Gasteiger partial charge >= 0.3 is 0 Å². The van der Waals surface area contributed by atoms with Crippen molar-refractivity contribution >= 4 is 17.4 Å². The second-order valence-electron chi connectivity index (χ2n) is 4.25. The first kappa shape index (κ1) is 13.4. The molecule has 0 aromatic carbocycles. The molecule has 0 atom stereocenters. The summed E-state index contributed by atoms with van der Waals surface area (Å²) in [6.07, 6.45) is 0.747. The normalized spacial score (nSPS) is 16.7. The first-order valence-electron chi connectivity index (χ1n) is 6.33. The molecule has 18 heavy (non-hydrogen) atoms. The number of aryl methyl sites for hydroxylation is 1. The summed E-state index contributed by atoms with van der Waals surface area (Å²) in [6, 6.07) is 0. The van der Waals surface area contributed by atoms with Crippen molar-refractivity contribution in [3.05, 3.63) is 10.6 Å². The Kier molecular flexibility index (Phi) is 5.03. The van der Waals surface area contributed by atoms with Gasteiger partial charge in [0.15, 0.2) is 0 Å². The highest BCUT2D eigenvalue weighted by atomic mass is 32.1. The smallest absolute Gasteiger partial charge is 0.264 e. The van der Waals surface area contributed by atoms with E-state index in [0.29, 0.717) is 11.4 Å². The summed E-state index contributed by atoms with van der Waals surface area (Å²) in [5.74, 6) is -0.0445. The Hall–Kier alpha value is -1.05. The van der Waals surface area contributed by atoms with Gasteiger partial charge in [-0.2, -0.15) is 0 Å². The van der Waals surface area contributed by atoms with Crippen molar-refractivity contribution in [1.82, 2.24) is 25.1 Å². The number of nitrogens with one attached hydrogen (secondary N) is 2. The van der Waals surface area contributed by atoms with E-state index in [1.807, 2.05) is 6.92 Å². The SMILES string of the molecule is CCc1nnsc1C(=O)NCCN1CCNCC1. The summed E-state index contributed by atoms with van der Waals surface area (Å²) < 4.78 is 3.82. The molecule has 0 spiro atoms. The van der Waals surface area contributed by atoms with Crippen molar-refractivity contribution in [1.29, 1.82) is 0 Å². The van der Waals surface area contributed by atoms with Gasteiger partial charge in [-0.25, -0.2) is 0 Å². The zero-order valence-electron chi connectivity index (χ0n) is 10.6. The fourth-order valence-corrected chi connectivity index (χ4v) is 2.62. The fourth-order valence-electron chi connectivity index (χ4n) is 1.95. The molecule has 0 radical (unpaired) electrons. The number of carbonyl (C=O) groups is 1. The minimum atomic E-state index is -0.0445. The molecule has 2 N–H and O–H groups in total. The Morgan fingerprint density at radius 2 is 2.28 bits per heavy atom. The molecule has 2 heterocycles. The summed E-state index contributed by atoms with van der Waals surface area (Å²) in [6.45, 7) is 7.74. The number of carbonyl (C=O) groups excluding carboxylic acids is 1. The van der Waals surface area contributed by atoms with Crippen LogP contribution in [0.5, 0.6) is 0 Å². The Morgan fingerprint density at radius 3 is 3.00 bits per heavy atom. The Bertz CT molecular complexity index is 389. The second kappa shape index (κ2) is 6.77. The van der Waals surface area contributed by atoms with Crippen molar-refractivity contribution in [2.24, 2.45) is 0 Å². The van der Waals surface area contributed by atoms with Crippen LogP contribution in [0.25, 0.3) is 0 Å². The molecule has 100 valence electrons. The molecule has 1 saturated heterocycles. The molecule has 0 unspecified atom stereocenters. The van der Waals surface area contributed by atoms with Crippen LogP contribution in [0.1, 0.15) is 22.3 Å². The van der Waals surface area contributed by atoms with Gasteiger partial charge in [0.2, 0.25) is 0 Å². The number of hydrogen-bond acceptors (Lipinski definition) is 6. The van der Waals surface area contributed by atoms with E-state index in [0.717, 1.165) is 44.8 Å². The largest absolute Gasteiger partial charge is 0.350 e. The second-order valence-corrected chi connectivity index (χ2v) is 5.00. The zero-order valence-corrected chi connectivity index (χ0v) is 11.4. The number of piperazine rings is 1. The maximum absolute atomic E-state index is 11.9. The van der Waals surface area contributed by atoms with E-state index in [-0.39, 0.29) is 5.91 Å². The molecule has 0 saturated carbocycles. The third kappa shape index (κ3) is 3.47. The van der Waals surface area contributed by atoms with Crippen molar-refractivity contribution in [2.75, 3.05) is 39.3 Å². The maximum atomic E-state index is 11.9. The van der Waals surface area contributed by atoms with Crippen LogP contribution >= 0.6 is 11.5 Å². The van der Waals surface area contributed by atoms with Crippen LogP contribution in [0.3, 0.4) is 0 Å². The maximum Gasteiger partial charge on any atom is 0.264 e. The number of nitrogens with zero attached hydrogens (tertiary/aromatic N) is 3. The lowest BCUT2D eigenvalue weighted by Crippen LogP contribution is -2.46. The molecule has 1 amide bonds. The first-order chi connectivity index (χ1) is 8.81. The van der Waals surface area contributed by atoms with Crippen molar-refractivity contribution in [3.8, 4) is 0 Å². The van der Waals surface area contributed by atoms with Crippen LogP contribution in [0.4, 0.5) is 0 Å². The third-order valence-corrected chi connectivity index (χ3v) is 3.79. The molecule has 0 aliphatic carbocycles. The van der Waals surface area contributed by atoms with Gasteiger partial charge in [0.25, 0.3) is 5.91 Å². The fraction of sp³-hybridized carbons (Fsp3) is 0.727. The minimum Gasteiger partial charge on any atom is -0.350 e. The molecule has 0 bridgehead atoms. The van der Waals surface area contributed by atoms with E-state index in [4.69, 9.17) is 0 Å². The van der Waals surface area contributed by atoms with Gasteiger partial charge in [-0.3, -0.25) is 9.69 Å². The van der Waals surface area contributed by atoms with Crippen molar-refractivity contribution in [3.63, 3.8) is 0 Å². The van der Waals surface area contributed by atoms with Gasteiger partial charge in [-0.05, 0) is 18.0 Å². The van der Waals surface area contributed by atoms with Crippen LogP contribution in [0.2, 0.25) is 0 Å². The van der Waals surface area contributed by atoms with Gasteiger partial charge < -0.3 is 10.6 Å². The Labute approximate surface area is 111 Å². The van der Waals surface area contributed by atoms with Gasteiger partial charge in [0.05, 0.1) is 5.69 Å². The Balaban J connectivity index is 1.74.